The number of phenols is 1. The highest BCUT2D eigenvalue weighted by atomic mass is 35.5. The minimum Gasteiger partial charge on any atom is -0.508 e. The lowest BCUT2D eigenvalue weighted by atomic mass is 10.2. The molecule has 18 heavy (non-hydrogen) atoms. The Kier molecular flexibility index (Phi) is 4.18. The number of aromatic hydroxyl groups is 1. The average molecular weight is 279 g/mol. The third kappa shape index (κ3) is 3.45. The van der Waals surface area contributed by atoms with Crippen molar-refractivity contribution in [1.82, 2.24) is 0 Å². The summed E-state index contributed by atoms with van der Waals surface area (Å²) in [5.41, 5.74) is 1.78. The fourth-order valence-electron chi connectivity index (χ4n) is 1.41. The van der Waals surface area contributed by atoms with Crippen LogP contribution in [0.3, 0.4) is 0 Å². The summed E-state index contributed by atoms with van der Waals surface area (Å²) in [7, 11) is 0. The largest absolute Gasteiger partial charge is 0.508 e. The molecule has 4 heteroatoms. The average Bonchev–Trinajstić information content (AvgIpc) is 2.38. The summed E-state index contributed by atoms with van der Waals surface area (Å²) in [5.74, 6) is 0.208. The SMILES string of the molecule is Oc1ccc(C(=S)OCc2ccc(Cl)cc2)cc1. The Morgan fingerprint density at radius 1 is 1.06 bits per heavy atom. The van der Waals surface area contributed by atoms with Crippen molar-refractivity contribution >= 4 is 28.9 Å². The van der Waals surface area contributed by atoms with Gasteiger partial charge in [0.2, 0.25) is 0 Å². The van der Waals surface area contributed by atoms with Crippen LogP contribution in [0.5, 0.6) is 5.75 Å². The standard InChI is InChI=1S/C14H11ClO2S/c15-12-5-1-10(2-6-12)9-17-14(18)11-3-7-13(16)8-4-11/h1-8,16H,9H2. The van der Waals surface area contributed by atoms with Crippen LogP contribution in [0.4, 0.5) is 0 Å². The maximum atomic E-state index is 9.18. The molecule has 0 bridgehead atoms. The third-order valence-electron chi connectivity index (χ3n) is 2.39. The van der Waals surface area contributed by atoms with Gasteiger partial charge in [-0.1, -0.05) is 23.7 Å². The first-order valence-corrected chi connectivity index (χ1v) is 6.14. The van der Waals surface area contributed by atoms with Crippen molar-refractivity contribution in [3.63, 3.8) is 0 Å². The van der Waals surface area contributed by atoms with E-state index in [0.29, 0.717) is 16.7 Å². The molecule has 0 saturated carbocycles. The number of hydrogen-bond donors (Lipinski definition) is 1. The van der Waals surface area contributed by atoms with Gasteiger partial charge in [0.25, 0.3) is 0 Å². The van der Waals surface area contributed by atoms with E-state index in [0.717, 1.165) is 11.1 Å². The fraction of sp³-hybridized carbons (Fsp3) is 0.0714. The van der Waals surface area contributed by atoms with Crippen molar-refractivity contribution in [1.29, 1.82) is 0 Å². The highest BCUT2D eigenvalue weighted by Crippen LogP contribution is 2.14. The molecule has 0 unspecified atom stereocenters. The van der Waals surface area contributed by atoms with Crippen LogP contribution in [0.1, 0.15) is 11.1 Å². The molecule has 0 aliphatic rings. The second-order valence-corrected chi connectivity index (χ2v) is 4.56. The lowest BCUT2D eigenvalue weighted by molar-refractivity contribution is 0.302. The van der Waals surface area contributed by atoms with Crippen LogP contribution in [-0.4, -0.2) is 10.2 Å². The van der Waals surface area contributed by atoms with Crippen LogP contribution in [0, 0.1) is 0 Å². The van der Waals surface area contributed by atoms with Gasteiger partial charge in [0, 0.05) is 10.6 Å². The third-order valence-corrected chi connectivity index (χ3v) is 2.99. The molecule has 2 aromatic rings. The number of benzene rings is 2. The van der Waals surface area contributed by atoms with Gasteiger partial charge in [0.05, 0.1) is 0 Å². The Bertz CT molecular complexity index is 535. The highest BCUT2D eigenvalue weighted by Gasteiger charge is 2.03. The summed E-state index contributed by atoms with van der Waals surface area (Å²) in [5, 5.41) is 10.3. The normalized spacial score (nSPS) is 10.1. The van der Waals surface area contributed by atoms with E-state index in [1.165, 1.54) is 0 Å². The molecule has 0 heterocycles. The van der Waals surface area contributed by atoms with Crippen LogP contribution in [0.25, 0.3) is 0 Å². The summed E-state index contributed by atoms with van der Waals surface area (Å²) in [6.07, 6.45) is 0. The fourth-order valence-corrected chi connectivity index (χ4v) is 1.73. The molecule has 0 aromatic heterocycles. The molecule has 0 radical (unpaired) electrons. The smallest absolute Gasteiger partial charge is 0.191 e. The molecule has 0 saturated heterocycles. The summed E-state index contributed by atoms with van der Waals surface area (Å²) >= 11 is 11.0. The van der Waals surface area contributed by atoms with Crippen molar-refractivity contribution in [2.45, 2.75) is 6.61 Å². The second kappa shape index (κ2) is 5.85. The molecule has 2 aromatic carbocycles. The monoisotopic (exact) mass is 278 g/mol. The van der Waals surface area contributed by atoms with Crippen molar-refractivity contribution in [3.8, 4) is 5.75 Å². The number of rotatable bonds is 3. The van der Waals surface area contributed by atoms with Gasteiger partial charge in [-0.25, -0.2) is 0 Å². The van der Waals surface area contributed by atoms with Gasteiger partial charge in [-0.05, 0) is 54.2 Å². The first kappa shape index (κ1) is 12.9. The van der Waals surface area contributed by atoms with E-state index in [-0.39, 0.29) is 5.75 Å². The minimum atomic E-state index is 0.208. The highest BCUT2D eigenvalue weighted by molar-refractivity contribution is 7.80. The van der Waals surface area contributed by atoms with Gasteiger partial charge in [-0.3, -0.25) is 0 Å². The molecule has 0 aliphatic heterocycles. The molecule has 0 aliphatic carbocycles. The molecule has 0 amide bonds. The molecular weight excluding hydrogens is 268 g/mol. The Balaban J connectivity index is 1.96. The molecule has 2 rings (SSSR count). The molecular formula is C14H11ClO2S. The number of thiocarbonyl (C=S) groups is 1. The zero-order valence-corrected chi connectivity index (χ0v) is 11.0. The molecule has 92 valence electrons. The molecule has 0 spiro atoms. The summed E-state index contributed by atoms with van der Waals surface area (Å²) in [6.45, 7) is 0.400. The maximum absolute atomic E-state index is 9.18. The quantitative estimate of drug-likeness (QED) is 0.863. The van der Waals surface area contributed by atoms with Gasteiger partial charge in [-0.15, -0.1) is 0 Å². The summed E-state index contributed by atoms with van der Waals surface area (Å²) < 4.78 is 5.50. The topological polar surface area (TPSA) is 29.5 Å². The predicted molar refractivity (Wildman–Crippen MR) is 76.0 cm³/mol. The van der Waals surface area contributed by atoms with E-state index in [1.54, 1.807) is 24.3 Å². The Hall–Kier alpha value is -1.58. The van der Waals surface area contributed by atoms with Gasteiger partial charge >= 0.3 is 0 Å². The zero-order chi connectivity index (χ0) is 13.0. The first-order chi connectivity index (χ1) is 8.65. The van der Waals surface area contributed by atoms with E-state index in [4.69, 9.17) is 28.6 Å². The van der Waals surface area contributed by atoms with E-state index in [2.05, 4.69) is 0 Å². The Morgan fingerprint density at radius 3 is 2.28 bits per heavy atom. The maximum Gasteiger partial charge on any atom is 0.191 e. The van der Waals surface area contributed by atoms with Crippen molar-refractivity contribution < 1.29 is 9.84 Å². The van der Waals surface area contributed by atoms with Crippen LogP contribution >= 0.6 is 23.8 Å². The molecule has 0 atom stereocenters. The zero-order valence-electron chi connectivity index (χ0n) is 9.47. The number of halogens is 1. The molecule has 0 fully saturated rings. The lowest BCUT2D eigenvalue weighted by Gasteiger charge is -2.07. The van der Waals surface area contributed by atoms with Crippen LogP contribution in [-0.2, 0) is 11.3 Å². The second-order valence-electron chi connectivity index (χ2n) is 3.75. The number of hydrogen-bond acceptors (Lipinski definition) is 3. The minimum absolute atomic E-state index is 0.208. The van der Waals surface area contributed by atoms with E-state index < -0.39 is 0 Å². The summed E-state index contributed by atoms with van der Waals surface area (Å²) in [4.78, 5) is 0. The summed E-state index contributed by atoms with van der Waals surface area (Å²) in [6, 6.07) is 14.0. The van der Waals surface area contributed by atoms with Crippen molar-refractivity contribution in [2.24, 2.45) is 0 Å². The van der Waals surface area contributed by atoms with Crippen LogP contribution in [0.15, 0.2) is 48.5 Å². The molecule has 2 nitrogen and oxygen atoms in total. The van der Waals surface area contributed by atoms with E-state index in [9.17, 15) is 5.11 Å². The Morgan fingerprint density at radius 2 is 1.67 bits per heavy atom. The van der Waals surface area contributed by atoms with Gasteiger partial charge in [-0.2, -0.15) is 0 Å². The van der Waals surface area contributed by atoms with Gasteiger partial charge in [0.1, 0.15) is 12.4 Å². The van der Waals surface area contributed by atoms with Crippen molar-refractivity contribution in [2.75, 3.05) is 0 Å². The first-order valence-electron chi connectivity index (χ1n) is 5.36. The van der Waals surface area contributed by atoms with Crippen molar-refractivity contribution in [3.05, 3.63) is 64.7 Å². The van der Waals surface area contributed by atoms with Crippen LogP contribution in [0.2, 0.25) is 5.02 Å². The number of phenolic OH excluding ortho intramolecular Hbond substituents is 1. The van der Waals surface area contributed by atoms with E-state index in [1.807, 2.05) is 24.3 Å². The Labute approximate surface area is 116 Å². The molecule has 1 N–H and O–H groups in total. The predicted octanol–water partition coefficient (Wildman–Crippen LogP) is 3.94. The lowest BCUT2D eigenvalue weighted by Crippen LogP contribution is -2.03. The van der Waals surface area contributed by atoms with E-state index >= 15 is 0 Å². The van der Waals surface area contributed by atoms with Gasteiger partial charge in [0.15, 0.2) is 5.05 Å². The van der Waals surface area contributed by atoms with Gasteiger partial charge < -0.3 is 9.84 Å². The number of ether oxygens (including phenoxy) is 1. The van der Waals surface area contributed by atoms with Crippen LogP contribution < -0.4 is 0 Å².